The zero-order chi connectivity index (χ0) is 22.8. The molecular weight excluding hydrogens is 459 g/mol. The van der Waals surface area contributed by atoms with Crippen LogP contribution in [-0.2, 0) is 40.8 Å². The summed E-state index contributed by atoms with van der Waals surface area (Å²) < 4.78 is 68.3. The van der Waals surface area contributed by atoms with Crippen LogP contribution in [0.5, 0.6) is 0 Å². The first-order valence-corrected chi connectivity index (χ1v) is 14.6. The minimum absolute atomic E-state index is 0.0973. The highest BCUT2D eigenvalue weighted by atomic mass is 31.2. The van der Waals surface area contributed by atoms with E-state index in [2.05, 4.69) is 0 Å². The second-order valence-corrected chi connectivity index (χ2v) is 13.4. The topological polar surface area (TPSA) is 116 Å². The molecular formula is C15H36N3O9P3. The summed E-state index contributed by atoms with van der Waals surface area (Å²) in [4.78, 5) is 5.82. The summed E-state index contributed by atoms with van der Waals surface area (Å²) in [5.74, 6) is 0. The van der Waals surface area contributed by atoms with Crippen molar-refractivity contribution in [2.24, 2.45) is 0 Å². The molecule has 0 saturated carbocycles. The van der Waals surface area contributed by atoms with E-state index in [0.29, 0.717) is 39.3 Å². The molecule has 0 radical (unpaired) electrons. The summed E-state index contributed by atoms with van der Waals surface area (Å²) in [5, 5.41) is 0. The first kappa shape index (κ1) is 28.4. The lowest BCUT2D eigenvalue weighted by atomic mass is 10.5. The molecule has 1 fully saturated rings. The second kappa shape index (κ2) is 13.1. The number of hydrogen-bond donors (Lipinski definition) is 0. The van der Waals surface area contributed by atoms with Crippen LogP contribution in [0.1, 0.15) is 0 Å². The third-order valence-corrected chi connectivity index (χ3v) is 10.6. The van der Waals surface area contributed by atoms with E-state index in [1.807, 2.05) is 14.7 Å². The van der Waals surface area contributed by atoms with Crippen LogP contribution in [0.15, 0.2) is 0 Å². The fourth-order valence-electron chi connectivity index (χ4n) is 2.91. The molecule has 0 aromatic heterocycles. The molecule has 0 atom stereocenters. The molecule has 0 aliphatic carbocycles. The van der Waals surface area contributed by atoms with E-state index in [-0.39, 0.29) is 18.9 Å². The van der Waals surface area contributed by atoms with Crippen molar-refractivity contribution in [3.05, 3.63) is 0 Å². The molecule has 1 heterocycles. The Morgan fingerprint density at radius 3 is 0.767 bits per heavy atom. The van der Waals surface area contributed by atoms with Crippen LogP contribution in [0.2, 0.25) is 0 Å². The van der Waals surface area contributed by atoms with Crippen molar-refractivity contribution < 1.29 is 40.8 Å². The van der Waals surface area contributed by atoms with Crippen molar-refractivity contribution in [1.29, 1.82) is 0 Å². The molecule has 30 heavy (non-hydrogen) atoms. The van der Waals surface area contributed by atoms with Crippen LogP contribution in [0.3, 0.4) is 0 Å². The Balaban J connectivity index is 3.02. The Hall–Kier alpha value is 0.330. The van der Waals surface area contributed by atoms with Crippen molar-refractivity contribution in [1.82, 2.24) is 14.7 Å². The van der Waals surface area contributed by atoms with Gasteiger partial charge in [0.25, 0.3) is 0 Å². The first-order valence-electron chi connectivity index (χ1n) is 9.39. The summed E-state index contributed by atoms with van der Waals surface area (Å²) in [6.45, 7) is 3.19. The Labute approximate surface area is 179 Å². The molecule has 0 bridgehead atoms. The lowest BCUT2D eigenvalue weighted by molar-refractivity contribution is 0.206. The lowest BCUT2D eigenvalue weighted by Gasteiger charge is -2.28. The highest BCUT2D eigenvalue weighted by molar-refractivity contribution is 7.54. The molecule has 0 unspecified atom stereocenters. The van der Waals surface area contributed by atoms with E-state index in [4.69, 9.17) is 27.1 Å². The number of rotatable bonds is 12. The second-order valence-electron chi connectivity index (χ2n) is 6.71. The normalized spacial score (nSPS) is 19.4. The van der Waals surface area contributed by atoms with E-state index in [9.17, 15) is 13.7 Å². The van der Waals surface area contributed by atoms with Crippen LogP contribution in [-0.4, -0.2) is 115 Å². The first-order chi connectivity index (χ1) is 14.1. The Kier molecular flexibility index (Phi) is 12.4. The summed E-state index contributed by atoms with van der Waals surface area (Å²) in [7, 11) is -1.70. The largest absolute Gasteiger partial charge is 0.344 e. The maximum Gasteiger partial charge on any atom is 0.344 e. The van der Waals surface area contributed by atoms with Crippen molar-refractivity contribution in [3.8, 4) is 0 Å². The van der Waals surface area contributed by atoms with E-state index >= 15 is 0 Å². The average molecular weight is 495 g/mol. The molecule has 1 saturated heterocycles. The Morgan fingerprint density at radius 2 is 0.633 bits per heavy atom. The maximum absolute atomic E-state index is 12.6. The average Bonchev–Trinajstić information content (AvgIpc) is 2.85. The van der Waals surface area contributed by atoms with Gasteiger partial charge >= 0.3 is 22.8 Å². The van der Waals surface area contributed by atoms with E-state index in [1.54, 1.807) is 0 Å². The standard InChI is InChI=1S/C15H36N3O9P3/c1-22-28(19,23-2)13-16-7-9-17(14-29(20,24-3)25-4)11-12-18(10-8-16)15-30(21,26-5)27-6/h7-15H2,1-6H3. The fourth-order valence-corrected chi connectivity index (χ4v) is 6.37. The van der Waals surface area contributed by atoms with Gasteiger partial charge in [-0.25, -0.2) is 0 Å². The van der Waals surface area contributed by atoms with Crippen LogP contribution in [0.25, 0.3) is 0 Å². The van der Waals surface area contributed by atoms with Gasteiger partial charge in [0.15, 0.2) is 0 Å². The highest BCUT2D eigenvalue weighted by Gasteiger charge is 2.31. The van der Waals surface area contributed by atoms with Gasteiger partial charge in [-0.05, 0) is 0 Å². The molecule has 12 nitrogen and oxygen atoms in total. The quantitative estimate of drug-likeness (QED) is 0.370. The molecule has 15 heteroatoms. The molecule has 0 aromatic rings. The molecule has 180 valence electrons. The molecule has 0 aromatic carbocycles. The smallest absolute Gasteiger partial charge is 0.311 e. The number of nitrogens with zero attached hydrogens (tertiary/aromatic N) is 3. The van der Waals surface area contributed by atoms with Gasteiger partial charge in [0.2, 0.25) is 0 Å². The fraction of sp³-hybridized carbons (Fsp3) is 1.00. The molecule has 0 N–H and O–H groups in total. The monoisotopic (exact) mass is 495 g/mol. The minimum atomic E-state index is -3.26. The summed E-state index contributed by atoms with van der Waals surface area (Å²) in [6.07, 6.45) is 0.292. The maximum atomic E-state index is 12.6. The third kappa shape index (κ3) is 9.06. The molecule has 0 amide bonds. The number of hydrogen-bond acceptors (Lipinski definition) is 12. The highest BCUT2D eigenvalue weighted by Crippen LogP contribution is 2.49. The SMILES string of the molecule is COP(=O)(CN1CCN(CP(=O)(OC)OC)CCN(CP(=O)(OC)OC)CC1)OC. The molecule has 1 rings (SSSR count). The van der Waals surface area contributed by atoms with Crippen LogP contribution in [0, 0.1) is 0 Å². The van der Waals surface area contributed by atoms with Gasteiger partial charge in [-0.3, -0.25) is 28.4 Å². The van der Waals surface area contributed by atoms with Crippen molar-refractivity contribution in [2.75, 3.05) is 101 Å². The predicted molar refractivity (Wildman–Crippen MR) is 114 cm³/mol. The summed E-state index contributed by atoms with van der Waals surface area (Å²) >= 11 is 0. The predicted octanol–water partition coefficient (Wildman–Crippen LogP) is 2.24. The van der Waals surface area contributed by atoms with E-state index in [0.717, 1.165) is 0 Å². The Bertz CT molecular complexity index is 533. The zero-order valence-electron chi connectivity index (χ0n) is 18.7. The molecule has 1 aliphatic rings. The van der Waals surface area contributed by atoms with Crippen molar-refractivity contribution in [2.45, 2.75) is 0 Å². The summed E-state index contributed by atoms with van der Waals surface area (Å²) in [5.41, 5.74) is 0. The van der Waals surface area contributed by atoms with Crippen molar-refractivity contribution in [3.63, 3.8) is 0 Å². The van der Waals surface area contributed by atoms with Crippen molar-refractivity contribution >= 4 is 22.8 Å². The van der Waals surface area contributed by atoms with E-state index < -0.39 is 22.8 Å². The van der Waals surface area contributed by atoms with Crippen LogP contribution < -0.4 is 0 Å². The molecule has 1 aliphatic heterocycles. The van der Waals surface area contributed by atoms with Gasteiger partial charge in [-0.15, -0.1) is 0 Å². The van der Waals surface area contributed by atoms with Gasteiger partial charge in [-0.1, -0.05) is 0 Å². The van der Waals surface area contributed by atoms with Crippen LogP contribution >= 0.6 is 22.8 Å². The zero-order valence-corrected chi connectivity index (χ0v) is 21.4. The van der Waals surface area contributed by atoms with E-state index in [1.165, 1.54) is 42.7 Å². The lowest BCUT2D eigenvalue weighted by Crippen LogP contribution is -2.37. The minimum Gasteiger partial charge on any atom is -0.311 e. The molecule has 0 spiro atoms. The van der Waals surface area contributed by atoms with Gasteiger partial charge < -0.3 is 27.1 Å². The summed E-state index contributed by atoms with van der Waals surface area (Å²) in [6, 6.07) is 0. The van der Waals surface area contributed by atoms with Gasteiger partial charge in [0, 0.05) is 81.9 Å². The van der Waals surface area contributed by atoms with Gasteiger partial charge in [0.1, 0.15) is 18.9 Å². The van der Waals surface area contributed by atoms with Crippen LogP contribution in [0.4, 0.5) is 0 Å². The Morgan fingerprint density at radius 1 is 0.467 bits per heavy atom. The van der Waals surface area contributed by atoms with Gasteiger partial charge in [-0.2, -0.15) is 0 Å². The van der Waals surface area contributed by atoms with Gasteiger partial charge in [0.05, 0.1) is 0 Å². The third-order valence-electron chi connectivity index (χ3n) is 4.99.